The van der Waals surface area contributed by atoms with Crippen LogP contribution in [0.4, 0.5) is 0 Å². The number of nitrogens with zero attached hydrogens (tertiary/aromatic N) is 2. The Labute approximate surface area is 120 Å². The number of hydrogen-bond donors (Lipinski definition) is 1. The van der Waals surface area contributed by atoms with E-state index in [4.69, 9.17) is 5.26 Å². The van der Waals surface area contributed by atoms with E-state index in [0.717, 1.165) is 19.4 Å². The van der Waals surface area contributed by atoms with Gasteiger partial charge in [-0.3, -0.25) is 0 Å². The normalized spacial score (nSPS) is 19.1. The fourth-order valence-corrected chi connectivity index (χ4v) is 3.57. The molecule has 1 aliphatic heterocycles. The van der Waals surface area contributed by atoms with Crippen molar-refractivity contribution in [3.05, 3.63) is 35.4 Å². The Balaban J connectivity index is 1.99. The van der Waals surface area contributed by atoms with Gasteiger partial charge in [-0.1, -0.05) is 12.1 Å². The molecule has 0 saturated carbocycles. The van der Waals surface area contributed by atoms with Crippen LogP contribution in [0.3, 0.4) is 0 Å². The smallest absolute Gasteiger partial charge is 0.218 e. The number of likely N-dealkylation sites (N-methyl/N-ethyl adjacent to an activating group) is 1. The maximum Gasteiger partial charge on any atom is 0.218 e. The molecule has 0 bridgehead atoms. The minimum Gasteiger partial charge on any atom is -0.313 e. The number of hydrogen-bond acceptors (Lipinski definition) is 4. The molecule has 1 aliphatic rings. The number of sulfonamides is 1. The minimum atomic E-state index is -3.31. The number of nitriles is 1. The van der Waals surface area contributed by atoms with Crippen molar-refractivity contribution in [2.45, 2.75) is 24.6 Å². The highest BCUT2D eigenvalue weighted by Gasteiger charge is 2.23. The molecule has 1 aromatic rings. The van der Waals surface area contributed by atoms with E-state index in [-0.39, 0.29) is 11.8 Å². The molecule has 1 aromatic carbocycles. The fraction of sp³-hybridized carbons (Fsp3) is 0.500. The molecule has 0 amide bonds. The first-order chi connectivity index (χ1) is 9.51. The van der Waals surface area contributed by atoms with E-state index in [9.17, 15) is 8.42 Å². The minimum absolute atomic E-state index is 0.0259. The highest BCUT2D eigenvalue weighted by atomic mass is 32.2. The summed E-state index contributed by atoms with van der Waals surface area (Å²) in [5, 5.41) is 12.0. The molecular weight excluding hydrogens is 274 g/mol. The van der Waals surface area contributed by atoms with Crippen molar-refractivity contribution in [1.82, 2.24) is 9.62 Å². The molecule has 1 unspecified atom stereocenters. The number of nitrogens with one attached hydrogen (secondary N) is 1. The predicted molar refractivity (Wildman–Crippen MR) is 77.4 cm³/mol. The van der Waals surface area contributed by atoms with Crippen LogP contribution in [0.25, 0.3) is 0 Å². The van der Waals surface area contributed by atoms with Gasteiger partial charge in [0.25, 0.3) is 0 Å². The van der Waals surface area contributed by atoms with E-state index in [1.165, 1.54) is 4.31 Å². The van der Waals surface area contributed by atoms with Crippen LogP contribution >= 0.6 is 0 Å². The second kappa shape index (κ2) is 6.35. The highest BCUT2D eigenvalue weighted by molar-refractivity contribution is 7.88. The molecule has 6 heteroatoms. The van der Waals surface area contributed by atoms with Crippen molar-refractivity contribution in [3.63, 3.8) is 0 Å². The van der Waals surface area contributed by atoms with Gasteiger partial charge < -0.3 is 5.32 Å². The van der Waals surface area contributed by atoms with Crippen LogP contribution in [0.15, 0.2) is 24.3 Å². The Hall–Kier alpha value is -1.42. The largest absolute Gasteiger partial charge is 0.313 e. The van der Waals surface area contributed by atoms with Crippen molar-refractivity contribution in [2.75, 3.05) is 20.1 Å². The van der Waals surface area contributed by atoms with Crippen LogP contribution in [0.1, 0.15) is 24.0 Å². The Bertz CT molecular complexity index is 584. The molecule has 1 heterocycles. The van der Waals surface area contributed by atoms with Gasteiger partial charge in [-0.05, 0) is 37.1 Å². The van der Waals surface area contributed by atoms with E-state index in [1.807, 2.05) is 6.07 Å². The fourth-order valence-electron chi connectivity index (χ4n) is 2.33. The lowest BCUT2D eigenvalue weighted by molar-refractivity contribution is 0.417. The lowest BCUT2D eigenvalue weighted by Crippen LogP contribution is -2.39. The Kier molecular flexibility index (Phi) is 4.76. The van der Waals surface area contributed by atoms with E-state index in [0.29, 0.717) is 17.7 Å². The highest BCUT2D eigenvalue weighted by Crippen LogP contribution is 2.13. The van der Waals surface area contributed by atoms with Crippen molar-refractivity contribution in [1.29, 1.82) is 5.26 Å². The molecule has 1 fully saturated rings. The van der Waals surface area contributed by atoms with Crippen molar-refractivity contribution in [3.8, 4) is 6.07 Å². The van der Waals surface area contributed by atoms with E-state index in [2.05, 4.69) is 5.32 Å². The molecular formula is C14H19N3O2S. The van der Waals surface area contributed by atoms with E-state index < -0.39 is 10.0 Å². The summed E-state index contributed by atoms with van der Waals surface area (Å²) >= 11 is 0. The first-order valence-corrected chi connectivity index (χ1v) is 8.28. The zero-order valence-corrected chi connectivity index (χ0v) is 12.4. The Morgan fingerprint density at radius 1 is 1.40 bits per heavy atom. The molecule has 0 aliphatic carbocycles. The van der Waals surface area contributed by atoms with Gasteiger partial charge in [0.05, 0.1) is 17.4 Å². The number of rotatable bonds is 5. The standard InChI is InChI=1S/C14H19N3O2S/c1-17(10-14-3-2-8-16-14)20(18,19)11-13-6-4-12(9-15)5-7-13/h4-7,14,16H,2-3,8,10-11H2,1H3. The van der Waals surface area contributed by atoms with Crippen LogP contribution in [-0.4, -0.2) is 38.9 Å². The summed E-state index contributed by atoms with van der Waals surface area (Å²) in [5.74, 6) is -0.0259. The van der Waals surface area contributed by atoms with Gasteiger partial charge in [0.15, 0.2) is 0 Å². The third kappa shape index (κ3) is 3.79. The summed E-state index contributed by atoms with van der Waals surface area (Å²) in [6.07, 6.45) is 2.13. The first kappa shape index (κ1) is 15.0. The van der Waals surface area contributed by atoms with Crippen LogP contribution in [0, 0.1) is 11.3 Å². The quantitative estimate of drug-likeness (QED) is 0.881. The SMILES string of the molecule is CN(CC1CCCN1)S(=O)(=O)Cc1ccc(C#N)cc1. The second-order valence-corrected chi connectivity index (χ2v) is 7.21. The lowest BCUT2D eigenvalue weighted by Gasteiger charge is -2.21. The van der Waals surface area contributed by atoms with Crippen molar-refractivity contribution < 1.29 is 8.42 Å². The van der Waals surface area contributed by atoms with E-state index >= 15 is 0 Å². The molecule has 1 N–H and O–H groups in total. The first-order valence-electron chi connectivity index (χ1n) is 6.68. The summed E-state index contributed by atoms with van der Waals surface area (Å²) in [6, 6.07) is 8.95. The summed E-state index contributed by atoms with van der Waals surface area (Å²) in [6.45, 7) is 1.48. The molecule has 0 aromatic heterocycles. The van der Waals surface area contributed by atoms with Crippen molar-refractivity contribution in [2.24, 2.45) is 0 Å². The Morgan fingerprint density at radius 2 is 2.10 bits per heavy atom. The van der Waals surface area contributed by atoms with Crippen LogP contribution in [0.2, 0.25) is 0 Å². The van der Waals surface area contributed by atoms with Crippen molar-refractivity contribution >= 4 is 10.0 Å². The monoisotopic (exact) mass is 293 g/mol. The summed E-state index contributed by atoms with van der Waals surface area (Å²) in [5.41, 5.74) is 1.24. The molecule has 2 rings (SSSR count). The average Bonchev–Trinajstić information content (AvgIpc) is 2.92. The molecule has 108 valence electrons. The van der Waals surface area contributed by atoms with Gasteiger partial charge in [-0.15, -0.1) is 0 Å². The summed E-state index contributed by atoms with van der Waals surface area (Å²) in [4.78, 5) is 0. The number of benzene rings is 1. The summed E-state index contributed by atoms with van der Waals surface area (Å²) in [7, 11) is -1.69. The van der Waals surface area contributed by atoms with Gasteiger partial charge in [0, 0.05) is 19.6 Å². The van der Waals surface area contributed by atoms with Gasteiger partial charge >= 0.3 is 0 Å². The van der Waals surface area contributed by atoms with Gasteiger partial charge in [-0.25, -0.2) is 12.7 Å². The topological polar surface area (TPSA) is 73.2 Å². The van der Waals surface area contributed by atoms with Gasteiger partial charge in [0.2, 0.25) is 10.0 Å². The second-order valence-electron chi connectivity index (χ2n) is 5.14. The van der Waals surface area contributed by atoms with Crippen LogP contribution in [0.5, 0.6) is 0 Å². The molecule has 0 radical (unpaired) electrons. The van der Waals surface area contributed by atoms with Crippen LogP contribution in [-0.2, 0) is 15.8 Å². The molecule has 5 nitrogen and oxygen atoms in total. The summed E-state index contributed by atoms with van der Waals surface area (Å²) < 4.78 is 26.0. The maximum absolute atomic E-state index is 12.3. The molecule has 1 atom stereocenters. The average molecular weight is 293 g/mol. The maximum atomic E-state index is 12.3. The molecule has 20 heavy (non-hydrogen) atoms. The zero-order valence-electron chi connectivity index (χ0n) is 11.5. The third-order valence-corrected chi connectivity index (χ3v) is 5.34. The van der Waals surface area contributed by atoms with Crippen LogP contribution < -0.4 is 5.32 Å². The predicted octanol–water partition coefficient (Wildman–Crippen LogP) is 1.07. The third-order valence-electron chi connectivity index (χ3n) is 3.55. The molecule has 1 saturated heterocycles. The zero-order chi connectivity index (χ0) is 14.6. The van der Waals surface area contributed by atoms with Gasteiger partial charge in [0.1, 0.15) is 0 Å². The Morgan fingerprint density at radius 3 is 2.65 bits per heavy atom. The van der Waals surface area contributed by atoms with E-state index in [1.54, 1.807) is 31.3 Å². The van der Waals surface area contributed by atoms with Gasteiger partial charge in [-0.2, -0.15) is 5.26 Å². The molecule has 0 spiro atoms. The lowest BCUT2D eigenvalue weighted by atomic mass is 10.2.